The van der Waals surface area contributed by atoms with Crippen molar-refractivity contribution in [3.05, 3.63) is 0 Å². The highest BCUT2D eigenvalue weighted by atomic mass is 16.4. The van der Waals surface area contributed by atoms with Gasteiger partial charge in [0, 0.05) is 19.3 Å². The van der Waals surface area contributed by atoms with Crippen LogP contribution in [0, 0.1) is 0 Å². The van der Waals surface area contributed by atoms with E-state index in [0.29, 0.717) is 18.6 Å². The summed E-state index contributed by atoms with van der Waals surface area (Å²) in [4.78, 5) is 21.6. The molecule has 1 N–H and O–H groups in total. The molecule has 0 aromatic heterocycles. The third-order valence-electron chi connectivity index (χ3n) is 5.24. The van der Waals surface area contributed by atoms with E-state index in [1.54, 1.807) is 0 Å². The number of rotatable bonds is 21. The third kappa shape index (κ3) is 21.2. The average molecular weight is 369 g/mol. The molecule has 3 heteroatoms. The molecular weight excluding hydrogens is 324 g/mol. The zero-order valence-electron chi connectivity index (χ0n) is 17.4. The molecule has 0 aliphatic heterocycles. The minimum absolute atomic E-state index is 0.333. The predicted molar refractivity (Wildman–Crippen MR) is 111 cm³/mol. The van der Waals surface area contributed by atoms with Crippen molar-refractivity contribution < 1.29 is 14.7 Å². The summed E-state index contributed by atoms with van der Waals surface area (Å²) < 4.78 is 0. The van der Waals surface area contributed by atoms with Crippen LogP contribution < -0.4 is 0 Å². The Labute approximate surface area is 162 Å². The first-order valence-electron chi connectivity index (χ1n) is 11.4. The number of carboxylic acids is 1. The van der Waals surface area contributed by atoms with Crippen molar-refractivity contribution in [2.75, 3.05) is 0 Å². The van der Waals surface area contributed by atoms with Gasteiger partial charge in [-0.05, 0) is 12.8 Å². The van der Waals surface area contributed by atoms with Gasteiger partial charge in [0.1, 0.15) is 5.78 Å². The molecule has 0 aliphatic carbocycles. The van der Waals surface area contributed by atoms with Gasteiger partial charge in [-0.2, -0.15) is 0 Å². The maximum atomic E-state index is 11.2. The topological polar surface area (TPSA) is 54.4 Å². The summed E-state index contributed by atoms with van der Waals surface area (Å²) in [7, 11) is 0. The summed E-state index contributed by atoms with van der Waals surface area (Å²) in [5.74, 6) is -0.245. The van der Waals surface area contributed by atoms with E-state index >= 15 is 0 Å². The van der Waals surface area contributed by atoms with Crippen LogP contribution in [0.3, 0.4) is 0 Å². The van der Waals surface area contributed by atoms with Gasteiger partial charge >= 0.3 is 5.97 Å². The van der Waals surface area contributed by atoms with Crippen LogP contribution in [0.2, 0.25) is 0 Å². The molecule has 0 heterocycles. The number of carboxylic acid groups (broad SMARTS) is 1. The summed E-state index contributed by atoms with van der Waals surface area (Å²) in [6.45, 7) is 1.95. The molecule has 0 rings (SSSR count). The Kier molecular flexibility index (Phi) is 19.8. The van der Waals surface area contributed by atoms with Crippen LogP contribution in [0.4, 0.5) is 0 Å². The van der Waals surface area contributed by atoms with E-state index in [9.17, 15) is 9.59 Å². The molecule has 0 spiro atoms. The Hall–Kier alpha value is -0.860. The second-order valence-corrected chi connectivity index (χ2v) is 7.80. The molecule has 3 nitrogen and oxygen atoms in total. The van der Waals surface area contributed by atoms with Crippen molar-refractivity contribution in [1.82, 2.24) is 0 Å². The van der Waals surface area contributed by atoms with E-state index in [1.807, 2.05) is 6.92 Å². The van der Waals surface area contributed by atoms with Crippen LogP contribution in [0.25, 0.3) is 0 Å². The van der Waals surface area contributed by atoms with Gasteiger partial charge in [0.2, 0.25) is 0 Å². The molecular formula is C23H44O3. The second kappa shape index (κ2) is 20.5. The van der Waals surface area contributed by atoms with Crippen molar-refractivity contribution in [3.63, 3.8) is 0 Å². The van der Waals surface area contributed by atoms with Gasteiger partial charge in [-0.3, -0.25) is 9.59 Å². The SMILES string of the molecule is CCC(=O)CCCCCCCCCCCCCCCCCCCC(=O)O. The summed E-state index contributed by atoms with van der Waals surface area (Å²) >= 11 is 0. The van der Waals surface area contributed by atoms with Crippen molar-refractivity contribution in [3.8, 4) is 0 Å². The Morgan fingerprint density at radius 2 is 0.769 bits per heavy atom. The zero-order chi connectivity index (χ0) is 19.3. The number of hydrogen-bond acceptors (Lipinski definition) is 2. The van der Waals surface area contributed by atoms with Crippen LogP contribution >= 0.6 is 0 Å². The molecule has 154 valence electrons. The number of unbranched alkanes of at least 4 members (excludes halogenated alkanes) is 16. The maximum absolute atomic E-state index is 11.2. The smallest absolute Gasteiger partial charge is 0.303 e. The molecule has 0 bridgehead atoms. The Balaban J connectivity index is 3.03. The van der Waals surface area contributed by atoms with E-state index in [4.69, 9.17) is 5.11 Å². The first-order valence-corrected chi connectivity index (χ1v) is 11.4. The van der Waals surface area contributed by atoms with Gasteiger partial charge in [0.05, 0.1) is 0 Å². The van der Waals surface area contributed by atoms with Crippen LogP contribution in [0.1, 0.15) is 135 Å². The molecule has 0 saturated heterocycles. The van der Waals surface area contributed by atoms with Gasteiger partial charge in [-0.15, -0.1) is 0 Å². The van der Waals surface area contributed by atoms with E-state index < -0.39 is 5.97 Å². The van der Waals surface area contributed by atoms with Crippen molar-refractivity contribution in [2.45, 2.75) is 135 Å². The van der Waals surface area contributed by atoms with E-state index in [2.05, 4.69) is 0 Å². The highest BCUT2D eigenvalue weighted by Gasteiger charge is 1.98. The lowest BCUT2D eigenvalue weighted by molar-refractivity contribution is -0.137. The quantitative estimate of drug-likeness (QED) is 0.214. The number of aliphatic carboxylic acids is 1. The fourth-order valence-electron chi connectivity index (χ4n) is 3.43. The van der Waals surface area contributed by atoms with E-state index in [-0.39, 0.29) is 0 Å². The van der Waals surface area contributed by atoms with Crippen LogP contribution in [-0.4, -0.2) is 16.9 Å². The molecule has 0 radical (unpaired) electrons. The fourth-order valence-corrected chi connectivity index (χ4v) is 3.43. The molecule has 0 aromatic rings. The first kappa shape index (κ1) is 25.1. The summed E-state index contributed by atoms with van der Waals surface area (Å²) in [5, 5.41) is 8.56. The second-order valence-electron chi connectivity index (χ2n) is 7.80. The van der Waals surface area contributed by atoms with Crippen LogP contribution in [-0.2, 0) is 9.59 Å². The van der Waals surface area contributed by atoms with Gasteiger partial charge in [0.25, 0.3) is 0 Å². The van der Waals surface area contributed by atoms with Gasteiger partial charge in [-0.25, -0.2) is 0 Å². The Morgan fingerprint density at radius 1 is 0.500 bits per heavy atom. The van der Waals surface area contributed by atoms with Crippen molar-refractivity contribution >= 4 is 11.8 Å². The van der Waals surface area contributed by atoms with Crippen LogP contribution in [0.15, 0.2) is 0 Å². The average Bonchev–Trinajstić information content (AvgIpc) is 2.63. The van der Waals surface area contributed by atoms with Gasteiger partial charge in [-0.1, -0.05) is 103 Å². The number of carbonyl (C=O) groups excluding carboxylic acids is 1. The minimum Gasteiger partial charge on any atom is -0.481 e. The monoisotopic (exact) mass is 368 g/mol. The van der Waals surface area contributed by atoms with Gasteiger partial charge < -0.3 is 5.11 Å². The molecule has 0 aliphatic rings. The Morgan fingerprint density at radius 3 is 1.04 bits per heavy atom. The molecule has 0 amide bonds. The summed E-state index contributed by atoms with van der Waals surface area (Å²) in [6.07, 6.45) is 23.5. The number of hydrogen-bond donors (Lipinski definition) is 1. The maximum Gasteiger partial charge on any atom is 0.303 e. The van der Waals surface area contributed by atoms with Gasteiger partial charge in [0.15, 0.2) is 0 Å². The lowest BCUT2D eigenvalue weighted by atomic mass is 10.0. The molecule has 0 unspecified atom stereocenters. The lowest BCUT2D eigenvalue weighted by Gasteiger charge is -2.04. The van der Waals surface area contributed by atoms with E-state index in [1.165, 1.54) is 89.9 Å². The largest absolute Gasteiger partial charge is 0.481 e. The molecule has 0 fully saturated rings. The molecule has 0 aromatic carbocycles. The predicted octanol–water partition coefficient (Wildman–Crippen LogP) is 7.46. The summed E-state index contributed by atoms with van der Waals surface area (Å²) in [6, 6.07) is 0. The highest BCUT2D eigenvalue weighted by Crippen LogP contribution is 2.14. The normalized spacial score (nSPS) is 11.0. The molecule has 0 saturated carbocycles. The number of ketones is 1. The Bertz CT molecular complexity index is 325. The standard InChI is InChI=1S/C23H44O3/c1-2-22(24)20-18-16-14-12-10-8-6-4-3-5-7-9-11-13-15-17-19-21-23(25)26/h2-21H2,1H3,(H,25,26). The van der Waals surface area contributed by atoms with Crippen LogP contribution in [0.5, 0.6) is 0 Å². The zero-order valence-corrected chi connectivity index (χ0v) is 17.4. The summed E-state index contributed by atoms with van der Waals surface area (Å²) in [5.41, 5.74) is 0. The number of Topliss-reactive ketones (excluding diaryl/α,β-unsaturated/α-hetero) is 1. The van der Waals surface area contributed by atoms with Crippen molar-refractivity contribution in [2.24, 2.45) is 0 Å². The minimum atomic E-state index is -0.662. The highest BCUT2D eigenvalue weighted by molar-refractivity contribution is 5.77. The van der Waals surface area contributed by atoms with E-state index in [0.717, 1.165) is 25.7 Å². The number of carbonyl (C=O) groups is 2. The molecule has 0 atom stereocenters. The first-order chi connectivity index (χ1) is 12.7. The lowest BCUT2D eigenvalue weighted by Crippen LogP contribution is -1.94. The molecule has 26 heavy (non-hydrogen) atoms. The fraction of sp³-hybridized carbons (Fsp3) is 0.913. The third-order valence-corrected chi connectivity index (χ3v) is 5.24. The van der Waals surface area contributed by atoms with Crippen molar-refractivity contribution in [1.29, 1.82) is 0 Å².